The van der Waals surface area contributed by atoms with Crippen molar-refractivity contribution in [3.05, 3.63) is 69.9 Å². The number of hydrogen-bond acceptors (Lipinski definition) is 3. The van der Waals surface area contributed by atoms with E-state index in [9.17, 15) is 22.8 Å². The number of halogens is 4. The Morgan fingerprint density at radius 1 is 0.935 bits per heavy atom. The van der Waals surface area contributed by atoms with E-state index in [1.165, 1.54) is 17.0 Å². The van der Waals surface area contributed by atoms with E-state index < -0.39 is 11.7 Å². The van der Waals surface area contributed by atoms with Gasteiger partial charge in [0.1, 0.15) is 5.58 Å². The quantitative estimate of drug-likeness (QED) is 0.551. The van der Waals surface area contributed by atoms with Gasteiger partial charge in [-0.1, -0.05) is 11.6 Å². The SMILES string of the molecule is Cc1c(C(=O)N2CCN(C(=O)c3ccc(C(F)(F)F)cc3)CC2)oc2ccc(Cl)cc12. The van der Waals surface area contributed by atoms with E-state index in [0.29, 0.717) is 29.3 Å². The van der Waals surface area contributed by atoms with Crippen LogP contribution < -0.4 is 0 Å². The topological polar surface area (TPSA) is 53.8 Å². The largest absolute Gasteiger partial charge is 0.451 e. The van der Waals surface area contributed by atoms with Gasteiger partial charge in [0.15, 0.2) is 5.76 Å². The van der Waals surface area contributed by atoms with Gasteiger partial charge in [0.25, 0.3) is 11.8 Å². The lowest BCUT2D eigenvalue weighted by Crippen LogP contribution is -2.50. The zero-order valence-corrected chi connectivity index (χ0v) is 17.3. The Morgan fingerprint density at radius 3 is 2.10 bits per heavy atom. The highest BCUT2D eigenvalue weighted by Crippen LogP contribution is 2.30. The summed E-state index contributed by atoms with van der Waals surface area (Å²) < 4.78 is 43.8. The van der Waals surface area contributed by atoms with Crippen LogP contribution in [-0.4, -0.2) is 47.8 Å². The number of hydrogen-bond donors (Lipinski definition) is 0. The number of carbonyl (C=O) groups excluding carboxylic acids is 2. The van der Waals surface area contributed by atoms with E-state index in [1.807, 2.05) is 0 Å². The predicted octanol–water partition coefficient (Wildman–Crippen LogP) is 5.01. The highest BCUT2D eigenvalue weighted by molar-refractivity contribution is 6.31. The monoisotopic (exact) mass is 450 g/mol. The molecular formula is C22H18ClF3N2O3. The molecule has 5 nitrogen and oxygen atoms in total. The van der Waals surface area contributed by atoms with E-state index in [0.717, 1.165) is 17.5 Å². The van der Waals surface area contributed by atoms with Crippen LogP contribution in [0.3, 0.4) is 0 Å². The first-order chi connectivity index (χ1) is 14.6. The first-order valence-electron chi connectivity index (χ1n) is 9.59. The molecule has 1 aromatic heterocycles. The summed E-state index contributed by atoms with van der Waals surface area (Å²) >= 11 is 6.03. The second-order valence-electron chi connectivity index (χ2n) is 7.36. The lowest BCUT2D eigenvalue weighted by molar-refractivity contribution is -0.137. The Hall–Kier alpha value is -3.00. The molecule has 0 aliphatic carbocycles. The van der Waals surface area contributed by atoms with E-state index in [1.54, 1.807) is 30.0 Å². The van der Waals surface area contributed by atoms with Crippen molar-refractivity contribution < 1.29 is 27.2 Å². The van der Waals surface area contributed by atoms with Crippen molar-refractivity contribution in [2.24, 2.45) is 0 Å². The summed E-state index contributed by atoms with van der Waals surface area (Å²) in [6.45, 7) is 2.93. The molecule has 1 saturated heterocycles. The van der Waals surface area contributed by atoms with Crippen LogP contribution in [0.15, 0.2) is 46.9 Å². The summed E-state index contributed by atoms with van der Waals surface area (Å²) in [4.78, 5) is 28.7. The Balaban J connectivity index is 1.43. The molecular weight excluding hydrogens is 433 g/mol. The van der Waals surface area contributed by atoms with Crippen molar-refractivity contribution in [1.82, 2.24) is 9.80 Å². The molecule has 9 heteroatoms. The fourth-order valence-corrected chi connectivity index (χ4v) is 3.81. The van der Waals surface area contributed by atoms with Gasteiger partial charge >= 0.3 is 6.18 Å². The standard InChI is InChI=1S/C22H18ClF3N2O3/c1-13-17-12-16(23)6-7-18(17)31-19(13)21(30)28-10-8-27(9-11-28)20(29)14-2-4-15(5-3-14)22(24,25)26/h2-7,12H,8-11H2,1H3. The molecule has 1 fully saturated rings. The number of aryl methyl sites for hydroxylation is 1. The van der Waals surface area contributed by atoms with Gasteiger partial charge in [0, 0.05) is 47.7 Å². The van der Waals surface area contributed by atoms with Gasteiger partial charge in [-0.3, -0.25) is 9.59 Å². The van der Waals surface area contributed by atoms with Crippen molar-refractivity contribution >= 4 is 34.4 Å². The van der Waals surface area contributed by atoms with Gasteiger partial charge in [-0.15, -0.1) is 0 Å². The lowest BCUT2D eigenvalue weighted by Gasteiger charge is -2.34. The number of nitrogens with zero attached hydrogens (tertiary/aromatic N) is 2. The molecule has 0 N–H and O–H groups in total. The fourth-order valence-electron chi connectivity index (χ4n) is 3.64. The predicted molar refractivity (Wildman–Crippen MR) is 109 cm³/mol. The number of furan rings is 1. The highest BCUT2D eigenvalue weighted by Gasteiger charge is 2.31. The number of fused-ring (bicyclic) bond motifs is 1. The number of alkyl halides is 3. The molecule has 0 radical (unpaired) electrons. The number of piperazine rings is 1. The zero-order valence-electron chi connectivity index (χ0n) is 16.5. The number of carbonyl (C=O) groups is 2. The van der Waals surface area contributed by atoms with Gasteiger partial charge in [-0.05, 0) is 49.4 Å². The molecule has 2 aromatic carbocycles. The summed E-state index contributed by atoms with van der Waals surface area (Å²) in [5.74, 6) is -0.401. The van der Waals surface area contributed by atoms with Crippen LogP contribution in [0.25, 0.3) is 11.0 Å². The Bertz CT molecular complexity index is 1150. The van der Waals surface area contributed by atoms with E-state index in [4.69, 9.17) is 16.0 Å². The van der Waals surface area contributed by atoms with Gasteiger partial charge in [0.2, 0.25) is 0 Å². The maximum atomic E-state index is 12.9. The smallest absolute Gasteiger partial charge is 0.416 e. The summed E-state index contributed by atoms with van der Waals surface area (Å²) in [6, 6.07) is 9.27. The molecule has 0 spiro atoms. The van der Waals surface area contributed by atoms with Crippen LogP contribution >= 0.6 is 11.6 Å². The van der Waals surface area contributed by atoms with E-state index in [-0.39, 0.29) is 36.2 Å². The minimum Gasteiger partial charge on any atom is -0.451 e. The molecule has 2 amide bonds. The van der Waals surface area contributed by atoms with Gasteiger partial charge < -0.3 is 14.2 Å². The van der Waals surface area contributed by atoms with Crippen molar-refractivity contribution in [2.45, 2.75) is 13.1 Å². The summed E-state index contributed by atoms with van der Waals surface area (Å²) in [7, 11) is 0. The van der Waals surface area contributed by atoms with Crippen LogP contribution in [-0.2, 0) is 6.18 Å². The Kier molecular flexibility index (Phi) is 5.43. The first-order valence-corrected chi connectivity index (χ1v) is 9.97. The van der Waals surface area contributed by atoms with Crippen molar-refractivity contribution in [3.63, 3.8) is 0 Å². The van der Waals surface area contributed by atoms with Crippen molar-refractivity contribution in [1.29, 1.82) is 0 Å². The molecule has 31 heavy (non-hydrogen) atoms. The van der Waals surface area contributed by atoms with E-state index >= 15 is 0 Å². The summed E-state index contributed by atoms with van der Waals surface area (Å²) in [6.07, 6.45) is -4.45. The average molecular weight is 451 g/mol. The van der Waals surface area contributed by atoms with Crippen LogP contribution in [0, 0.1) is 6.92 Å². The van der Waals surface area contributed by atoms with E-state index in [2.05, 4.69) is 0 Å². The molecule has 0 saturated carbocycles. The van der Waals surface area contributed by atoms with Gasteiger partial charge in [0.05, 0.1) is 5.56 Å². The van der Waals surface area contributed by atoms with Gasteiger partial charge in [-0.2, -0.15) is 13.2 Å². The molecule has 2 heterocycles. The summed E-state index contributed by atoms with van der Waals surface area (Å²) in [5.41, 5.74) is 0.645. The lowest BCUT2D eigenvalue weighted by atomic mass is 10.1. The third-order valence-corrected chi connectivity index (χ3v) is 5.64. The molecule has 3 aromatic rings. The van der Waals surface area contributed by atoms with Gasteiger partial charge in [-0.25, -0.2) is 0 Å². The maximum absolute atomic E-state index is 12.9. The Morgan fingerprint density at radius 2 is 1.52 bits per heavy atom. The molecule has 4 rings (SSSR count). The minimum atomic E-state index is -4.45. The zero-order chi connectivity index (χ0) is 22.3. The minimum absolute atomic E-state index is 0.179. The molecule has 0 unspecified atom stereocenters. The second-order valence-corrected chi connectivity index (χ2v) is 7.79. The Labute approximate surface area is 181 Å². The first kappa shape index (κ1) is 21.2. The third-order valence-electron chi connectivity index (χ3n) is 5.41. The third kappa shape index (κ3) is 4.12. The molecule has 0 bridgehead atoms. The van der Waals surface area contributed by atoms with Crippen LogP contribution in [0.2, 0.25) is 5.02 Å². The molecule has 1 aliphatic heterocycles. The number of benzene rings is 2. The van der Waals surface area contributed by atoms with Crippen molar-refractivity contribution in [3.8, 4) is 0 Å². The second kappa shape index (κ2) is 7.92. The number of rotatable bonds is 2. The fraction of sp³-hybridized carbons (Fsp3) is 0.273. The van der Waals surface area contributed by atoms with Crippen molar-refractivity contribution in [2.75, 3.05) is 26.2 Å². The molecule has 0 atom stereocenters. The maximum Gasteiger partial charge on any atom is 0.416 e. The van der Waals surface area contributed by atoms with Crippen LogP contribution in [0.4, 0.5) is 13.2 Å². The van der Waals surface area contributed by atoms with Crippen LogP contribution in [0.5, 0.6) is 0 Å². The summed E-state index contributed by atoms with van der Waals surface area (Å²) in [5, 5.41) is 1.32. The average Bonchev–Trinajstić information content (AvgIpc) is 3.08. The highest BCUT2D eigenvalue weighted by atomic mass is 35.5. The molecule has 1 aliphatic rings. The number of amides is 2. The molecule has 162 valence electrons. The van der Waals surface area contributed by atoms with Crippen LogP contribution in [0.1, 0.15) is 32.0 Å². The normalized spacial score (nSPS) is 14.9.